The molecule has 2 rings (SSSR count). The van der Waals surface area contributed by atoms with Crippen molar-refractivity contribution in [3.63, 3.8) is 0 Å². The van der Waals surface area contributed by atoms with Crippen LogP contribution in [0, 0.1) is 6.92 Å². The smallest absolute Gasteiger partial charge is 0.115 e. The average molecular weight is 214 g/mol. The summed E-state index contributed by atoms with van der Waals surface area (Å²) in [5.74, 6) is 0. The van der Waals surface area contributed by atoms with Crippen LogP contribution in [0.1, 0.15) is 23.6 Å². The summed E-state index contributed by atoms with van der Waals surface area (Å²) in [5, 5.41) is 10.5. The summed E-state index contributed by atoms with van der Waals surface area (Å²) in [6.07, 6.45) is 4.72. The van der Waals surface area contributed by atoms with Gasteiger partial charge in [0.25, 0.3) is 0 Å². The van der Waals surface area contributed by atoms with Crippen LogP contribution in [-0.4, -0.2) is 15.1 Å². The van der Waals surface area contributed by atoms with E-state index in [0.29, 0.717) is 5.56 Å². The molecule has 0 fully saturated rings. The molecule has 1 heterocycles. The second-order valence-electron chi connectivity index (χ2n) is 4.07. The van der Waals surface area contributed by atoms with Crippen molar-refractivity contribution < 1.29 is 5.11 Å². The Morgan fingerprint density at radius 3 is 2.44 bits per heavy atom. The highest BCUT2D eigenvalue weighted by Crippen LogP contribution is 2.28. The largest absolute Gasteiger partial charge is 0.381 e. The zero-order valence-corrected chi connectivity index (χ0v) is 9.38. The summed E-state index contributed by atoms with van der Waals surface area (Å²) in [4.78, 5) is 7.86. The summed E-state index contributed by atoms with van der Waals surface area (Å²) in [6, 6.07) is 7.80. The summed E-state index contributed by atoms with van der Waals surface area (Å²) in [5.41, 5.74) is 1.62. The van der Waals surface area contributed by atoms with Crippen LogP contribution >= 0.6 is 0 Å². The number of hydrogen-bond acceptors (Lipinski definition) is 3. The molecule has 0 saturated heterocycles. The third kappa shape index (κ3) is 1.95. The van der Waals surface area contributed by atoms with Crippen LogP contribution in [0.5, 0.6) is 0 Å². The SMILES string of the molecule is Cc1cccc(C(C)(O)c2cncnc2)c1. The normalized spacial score (nSPS) is 14.4. The van der Waals surface area contributed by atoms with Crippen molar-refractivity contribution in [2.75, 3.05) is 0 Å². The van der Waals surface area contributed by atoms with Gasteiger partial charge in [-0.2, -0.15) is 0 Å². The maximum Gasteiger partial charge on any atom is 0.115 e. The molecule has 1 unspecified atom stereocenters. The zero-order chi connectivity index (χ0) is 11.6. The fraction of sp³-hybridized carbons (Fsp3) is 0.231. The van der Waals surface area contributed by atoms with Gasteiger partial charge in [-0.15, -0.1) is 0 Å². The van der Waals surface area contributed by atoms with Gasteiger partial charge in [-0.3, -0.25) is 0 Å². The number of hydrogen-bond donors (Lipinski definition) is 1. The molecule has 1 aromatic heterocycles. The van der Waals surface area contributed by atoms with Gasteiger partial charge in [0.1, 0.15) is 11.9 Å². The van der Waals surface area contributed by atoms with Crippen molar-refractivity contribution in [2.45, 2.75) is 19.4 Å². The van der Waals surface area contributed by atoms with Crippen LogP contribution in [0.3, 0.4) is 0 Å². The van der Waals surface area contributed by atoms with E-state index in [0.717, 1.165) is 11.1 Å². The molecule has 1 aromatic carbocycles. The number of nitrogens with zero attached hydrogens (tertiary/aromatic N) is 2. The zero-order valence-electron chi connectivity index (χ0n) is 9.38. The summed E-state index contributed by atoms with van der Waals surface area (Å²) >= 11 is 0. The molecule has 0 spiro atoms. The lowest BCUT2D eigenvalue weighted by Crippen LogP contribution is -2.23. The fourth-order valence-corrected chi connectivity index (χ4v) is 1.67. The Kier molecular flexibility index (Phi) is 2.71. The van der Waals surface area contributed by atoms with E-state index in [9.17, 15) is 5.11 Å². The minimum Gasteiger partial charge on any atom is -0.381 e. The molecule has 3 nitrogen and oxygen atoms in total. The molecule has 2 aromatic rings. The number of aliphatic hydroxyl groups is 1. The van der Waals surface area contributed by atoms with Gasteiger partial charge in [0.05, 0.1) is 0 Å². The lowest BCUT2D eigenvalue weighted by atomic mass is 9.89. The van der Waals surface area contributed by atoms with Crippen molar-refractivity contribution in [3.8, 4) is 0 Å². The van der Waals surface area contributed by atoms with Gasteiger partial charge in [0, 0.05) is 18.0 Å². The first kappa shape index (κ1) is 10.8. The molecule has 0 aliphatic carbocycles. The van der Waals surface area contributed by atoms with E-state index in [4.69, 9.17) is 0 Å². The number of benzene rings is 1. The van der Waals surface area contributed by atoms with E-state index in [1.165, 1.54) is 6.33 Å². The Bertz CT molecular complexity index is 480. The molecule has 0 bridgehead atoms. The standard InChI is InChI=1S/C13H14N2O/c1-10-4-3-5-11(6-10)13(2,16)12-7-14-9-15-8-12/h3-9,16H,1-2H3. The van der Waals surface area contributed by atoms with Gasteiger partial charge in [-0.1, -0.05) is 29.8 Å². The third-order valence-corrected chi connectivity index (χ3v) is 2.70. The minimum absolute atomic E-state index is 0.695. The summed E-state index contributed by atoms with van der Waals surface area (Å²) in [6.45, 7) is 3.75. The van der Waals surface area contributed by atoms with Gasteiger partial charge in [-0.25, -0.2) is 9.97 Å². The number of aromatic nitrogens is 2. The monoisotopic (exact) mass is 214 g/mol. The topological polar surface area (TPSA) is 46.0 Å². The maximum atomic E-state index is 10.5. The molecule has 82 valence electrons. The molecular weight excluding hydrogens is 200 g/mol. The Labute approximate surface area is 94.8 Å². The highest BCUT2D eigenvalue weighted by Gasteiger charge is 2.25. The van der Waals surface area contributed by atoms with Crippen LogP contribution in [-0.2, 0) is 5.60 Å². The summed E-state index contributed by atoms with van der Waals surface area (Å²) in [7, 11) is 0. The van der Waals surface area contributed by atoms with Crippen molar-refractivity contribution >= 4 is 0 Å². The molecule has 16 heavy (non-hydrogen) atoms. The average Bonchev–Trinajstić information content (AvgIpc) is 2.30. The van der Waals surface area contributed by atoms with E-state index in [2.05, 4.69) is 9.97 Å². The van der Waals surface area contributed by atoms with Crippen molar-refractivity contribution in [1.82, 2.24) is 9.97 Å². The molecule has 0 aliphatic heterocycles. The second kappa shape index (κ2) is 4.02. The van der Waals surface area contributed by atoms with Gasteiger partial charge in [0.2, 0.25) is 0 Å². The second-order valence-corrected chi connectivity index (χ2v) is 4.07. The predicted octanol–water partition coefficient (Wildman–Crippen LogP) is 2.04. The Morgan fingerprint density at radius 2 is 1.81 bits per heavy atom. The van der Waals surface area contributed by atoms with E-state index in [1.807, 2.05) is 31.2 Å². The lowest BCUT2D eigenvalue weighted by molar-refractivity contribution is 0.101. The maximum absolute atomic E-state index is 10.5. The van der Waals surface area contributed by atoms with Crippen LogP contribution in [0.25, 0.3) is 0 Å². The molecule has 0 amide bonds. The van der Waals surface area contributed by atoms with Gasteiger partial charge in [0.15, 0.2) is 0 Å². The first-order valence-electron chi connectivity index (χ1n) is 5.16. The summed E-state index contributed by atoms with van der Waals surface area (Å²) < 4.78 is 0. The Balaban J connectivity index is 2.47. The molecule has 3 heteroatoms. The fourth-order valence-electron chi connectivity index (χ4n) is 1.67. The molecular formula is C13H14N2O. The predicted molar refractivity (Wildman–Crippen MR) is 61.9 cm³/mol. The highest BCUT2D eigenvalue weighted by atomic mass is 16.3. The van der Waals surface area contributed by atoms with E-state index >= 15 is 0 Å². The Morgan fingerprint density at radius 1 is 1.12 bits per heavy atom. The lowest BCUT2D eigenvalue weighted by Gasteiger charge is -2.23. The first-order chi connectivity index (χ1) is 7.60. The molecule has 0 radical (unpaired) electrons. The molecule has 0 aliphatic rings. The van der Waals surface area contributed by atoms with Gasteiger partial charge < -0.3 is 5.11 Å². The van der Waals surface area contributed by atoms with Gasteiger partial charge >= 0.3 is 0 Å². The van der Waals surface area contributed by atoms with Crippen LogP contribution < -0.4 is 0 Å². The van der Waals surface area contributed by atoms with Gasteiger partial charge in [-0.05, 0) is 19.4 Å². The van der Waals surface area contributed by atoms with Crippen molar-refractivity contribution in [2.24, 2.45) is 0 Å². The Hall–Kier alpha value is -1.74. The molecule has 1 atom stereocenters. The van der Waals surface area contributed by atoms with Crippen LogP contribution in [0.4, 0.5) is 0 Å². The molecule has 0 saturated carbocycles. The van der Waals surface area contributed by atoms with Crippen molar-refractivity contribution in [1.29, 1.82) is 0 Å². The number of aryl methyl sites for hydroxylation is 1. The van der Waals surface area contributed by atoms with Crippen LogP contribution in [0.2, 0.25) is 0 Å². The third-order valence-electron chi connectivity index (χ3n) is 2.70. The van der Waals surface area contributed by atoms with E-state index < -0.39 is 5.60 Å². The quantitative estimate of drug-likeness (QED) is 0.832. The number of rotatable bonds is 2. The van der Waals surface area contributed by atoms with E-state index in [1.54, 1.807) is 19.3 Å². The van der Waals surface area contributed by atoms with Crippen LogP contribution in [0.15, 0.2) is 43.0 Å². The van der Waals surface area contributed by atoms with E-state index in [-0.39, 0.29) is 0 Å². The minimum atomic E-state index is -1.05. The van der Waals surface area contributed by atoms with Crippen molar-refractivity contribution in [3.05, 3.63) is 59.7 Å². The molecule has 1 N–H and O–H groups in total. The highest BCUT2D eigenvalue weighted by molar-refractivity contribution is 5.34. The first-order valence-corrected chi connectivity index (χ1v) is 5.16.